The Kier molecular flexibility index (Phi) is 2.93. The average Bonchev–Trinajstić information content (AvgIpc) is 2.81. The Balaban J connectivity index is 2.62. The summed E-state index contributed by atoms with van der Waals surface area (Å²) < 4.78 is 32.3. The fourth-order valence-corrected chi connectivity index (χ4v) is 1.61. The molecule has 3 nitrogen and oxygen atoms in total. The number of halogens is 2. The summed E-state index contributed by atoms with van der Waals surface area (Å²) in [5, 5.41) is 2.67. The highest BCUT2D eigenvalue weighted by Crippen LogP contribution is 2.26. The van der Waals surface area contributed by atoms with E-state index < -0.39 is 23.5 Å². The zero-order chi connectivity index (χ0) is 12.6. The van der Waals surface area contributed by atoms with E-state index in [4.69, 9.17) is 4.42 Å². The molecule has 0 amide bonds. The van der Waals surface area contributed by atoms with Crippen molar-refractivity contribution in [3.05, 3.63) is 35.6 Å². The Labute approximate surface area is 96.4 Å². The standard InChI is InChI=1S/C12H11F2NO2/c1-6(15-2)11(16)8-5-9(13)12-7(10(8)14)3-4-17-12/h3-6,15H,1-2H3/t6-/m1/s1. The van der Waals surface area contributed by atoms with Crippen LogP contribution in [0.5, 0.6) is 0 Å². The van der Waals surface area contributed by atoms with Gasteiger partial charge in [-0.3, -0.25) is 4.79 Å². The number of Topliss-reactive ketones (excluding diaryl/α,β-unsaturated/α-hetero) is 1. The van der Waals surface area contributed by atoms with Gasteiger partial charge in [-0.1, -0.05) is 0 Å². The molecular formula is C12H11F2NO2. The number of rotatable bonds is 3. The molecule has 0 fully saturated rings. The van der Waals surface area contributed by atoms with Crippen molar-refractivity contribution in [2.24, 2.45) is 0 Å². The van der Waals surface area contributed by atoms with Gasteiger partial charge >= 0.3 is 0 Å². The maximum absolute atomic E-state index is 14.0. The molecule has 0 bridgehead atoms. The highest BCUT2D eigenvalue weighted by molar-refractivity contribution is 6.02. The van der Waals surface area contributed by atoms with E-state index in [2.05, 4.69) is 5.32 Å². The molecule has 0 aliphatic rings. The quantitative estimate of drug-likeness (QED) is 0.837. The Bertz CT molecular complexity index is 577. The van der Waals surface area contributed by atoms with Crippen LogP contribution in [0.2, 0.25) is 0 Å². The summed E-state index contributed by atoms with van der Waals surface area (Å²) in [6, 6.07) is 1.60. The summed E-state index contributed by atoms with van der Waals surface area (Å²) in [4.78, 5) is 11.8. The SMILES string of the molecule is CN[C@H](C)C(=O)c1cc(F)c2occc2c1F. The zero-order valence-electron chi connectivity index (χ0n) is 9.38. The Morgan fingerprint density at radius 2 is 2.18 bits per heavy atom. The molecule has 0 saturated heterocycles. The van der Waals surface area contributed by atoms with E-state index in [0.717, 1.165) is 6.07 Å². The van der Waals surface area contributed by atoms with E-state index in [1.165, 1.54) is 12.3 Å². The van der Waals surface area contributed by atoms with Crippen molar-refractivity contribution in [3.8, 4) is 0 Å². The van der Waals surface area contributed by atoms with Gasteiger partial charge in [-0.2, -0.15) is 0 Å². The fraction of sp³-hybridized carbons (Fsp3) is 0.250. The summed E-state index contributed by atoms with van der Waals surface area (Å²) in [5.74, 6) is -1.98. The largest absolute Gasteiger partial charge is 0.461 e. The molecule has 0 aliphatic carbocycles. The van der Waals surface area contributed by atoms with E-state index in [1.807, 2.05) is 0 Å². The minimum Gasteiger partial charge on any atom is -0.461 e. The summed E-state index contributed by atoms with van der Waals surface area (Å²) in [6.45, 7) is 1.58. The van der Waals surface area contributed by atoms with Crippen LogP contribution < -0.4 is 5.32 Å². The maximum atomic E-state index is 14.0. The van der Waals surface area contributed by atoms with Crippen molar-refractivity contribution in [2.45, 2.75) is 13.0 Å². The van der Waals surface area contributed by atoms with Gasteiger partial charge in [-0.05, 0) is 26.1 Å². The van der Waals surface area contributed by atoms with Crippen molar-refractivity contribution in [3.63, 3.8) is 0 Å². The molecule has 5 heteroatoms. The molecule has 2 aromatic rings. The van der Waals surface area contributed by atoms with Crippen LogP contribution in [0.1, 0.15) is 17.3 Å². The van der Waals surface area contributed by atoms with E-state index in [1.54, 1.807) is 14.0 Å². The lowest BCUT2D eigenvalue weighted by Gasteiger charge is -2.10. The molecule has 1 atom stereocenters. The van der Waals surface area contributed by atoms with Crippen LogP contribution in [0.25, 0.3) is 11.0 Å². The van der Waals surface area contributed by atoms with Crippen LogP contribution in [-0.4, -0.2) is 18.9 Å². The molecule has 2 rings (SSSR count). The van der Waals surface area contributed by atoms with E-state index in [-0.39, 0.29) is 16.5 Å². The van der Waals surface area contributed by atoms with Crippen LogP contribution in [0, 0.1) is 11.6 Å². The number of ketones is 1. The van der Waals surface area contributed by atoms with Gasteiger partial charge in [-0.25, -0.2) is 8.78 Å². The smallest absolute Gasteiger partial charge is 0.182 e. The second kappa shape index (κ2) is 4.25. The number of carbonyl (C=O) groups is 1. The van der Waals surface area contributed by atoms with Crippen LogP contribution >= 0.6 is 0 Å². The number of carbonyl (C=O) groups excluding carboxylic acids is 1. The lowest BCUT2D eigenvalue weighted by atomic mass is 10.0. The zero-order valence-corrected chi connectivity index (χ0v) is 9.38. The lowest BCUT2D eigenvalue weighted by Crippen LogP contribution is -2.31. The summed E-state index contributed by atoms with van der Waals surface area (Å²) in [7, 11) is 1.58. The van der Waals surface area contributed by atoms with E-state index in [0.29, 0.717) is 0 Å². The van der Waals surface area contributed by atoms with Crippen molar-refractivity contribution in [1.82, 2.24) is 5.32 Å². The van der Waals surface area contributed by atoms with Gasteiger partial charge in [0.1, 0.15) is 5.82 Å². The molecule has 17 heavy (non-hydrogen) atoms. The van der Waals surface area contributed by atoms with Gasteiger partial charge in [0.05, 0.1) is 23.3 Å². The first kappa shape index (κ1) is 11.7. The molecule has 1 N–H and O–H groups in total. The molecule has 0 radical (unpaired) electrons. The van der Waals surface area contributed by atoms with Crippen molar-refractivity contribution >= 4 is 16.8 Å². The number of furan rings is 1. The third-order valence-electron chi connectivity index (χ3n) is 2.72. The van der Waals surface area contributed by atoms with Crippen molar-refractivity contribution < 1.29 is 18.0 Å². The van der Waals surface area contributed by atoms with Gasteiger partial charge in [0.25, 0.3) is 0 Å². The first-order valence-electron chi connectivity index (χ1n) is 5.13. The molecule has 90 valence electrons. The van der Waals surface area contributed by atoms with Crippen LogP contribution in [-0.2, 0) is 0 Å². The number of fused-ring (bicyclic) bond motifs is 1. The van der Waals surface area contributed by atoms with Crippen LogP contribution in [0.15, 0.2) is 22.8 Å². The Hall–Kier alpha value is -1.75. The summed E-state index contributed by atoms with van der Waals surface area (Å²) >= 11 is 0. The molecule has 1 aromatic heterocycles. The molecule has 1 heterocycles. The third-order valence-corrected chi connectivity index (χ3v) is 2.72. The maximum Gasteiger partial charge on any atom is 0.182 e. The van der Waals surface area contributed by atoms with Gasteiger partial charge in [0, 0.05) is 0 Å². The van der Waals surface area contributed by atoms with Crippen molar-refractivity contribution in [2.75, 3.05) is 7.05 Å². The number of likely N-dealkylation sites (N-methyl/N-ethyl adjacent to an activating group) is 1. The average molecular weight is 239 g/mol. The minimum absolute atomic E-state index is 0.0170. The monoisotopic (exact) mass is 239 g/mol. The van der Waals surface area contributed by atoms with E-state index >= 15 is 0 Å². The second-order valence-corrected chi connectivity index (χ2v) is 3.76. The third kappa shape index (κ3) is 1.82. The highest BCUT2D eigenvalue weighted by atomic mass is 19.1. The van der Waals surface area contributed by atoms with Gasteiger partial charge in [-0.15, -0.1) is 0 Å². The van der Waals surface area contributed by atoms with Gasteiger partial charge in [0.2, 0.25) is 0 Å². The normalized spacial score (nSPS) is 12.9. The summed E-state index contributed by atoms with van der Waals surface area (Å²) in [5.41, 5.74) is -0.436. The number of hydrogen-bond donors (Lipinski definition) is 1. The van der Waals surface area contributed by atoms with Crippen LogP contribution in [0.4, 0.5) is 8.78 Å². The van der Waals surface area contributed by atoms with E-state index in [9.17, 15) is 13.6 Å². The topological polar surface area (TPSA) is 42.2 Å². The molecule has 1 aromatic carbocycles. The highest BCUT2D eigenvalue weighted by Gasteiger charge is 2.22. The lowest BCUT2D eigenvalue weighted by molar-refractivity contribution is 0.0951. The predicted octanol–water partition coefficient (Wildman–Crippen LogP) is 2.50. The van der Waals surface area contributed by atoms with Gasteiger partial charge < -0.3 is 9.73 Å². The van der Waals surface area contributed by atoms with Crippen LogP contribution in [0.3, 0.4) is 0 Å². The Morgan fingerprint density at radius 3 is 2.82 bits per heavy atom. The molecular weight excluding hydrogens is 228 g/mol. The minimum atomic E-state index is -0.748. The predicted molar refractivity (Wildman–Crippen MR) is 59.0 cm³/mol. The molecule has 0 spiro atoms. The number of nitrogens with one attached hydrogen (secondary N) is 1. The van der Waals surface area contributed by atoms with Gasteiger partial charge in [0.15, 0.2) is 17.2 Å². The van der Waals surface area contributed by atoms with Crippen molar-refractivity contribution in [1.29, 1.82) is 0 Å². The Morgan fingerprint density at radius 1 is 1.47 bits per heavy atom. The number of hydrogen-bond acceptors (Lipinski definition) is 3. The second-order valence-electron chi connectivity index (χ2n) is 3.76. The summed E-state index contributed by atoms with van der Waals surface area (Å²) in [6.07, 6.45) is 1.19. The fourth-order valence-electron chi connectivity index (χ4n) is 1.61. The first-order chi connectivity index (χ1) is 8.06. The molecule has 0 unspecified atom stereocenters. The number of benzene rings is 1. The molecule has 0 saturated carbocycles. The molecule has 0 aliphatic heterocycles. The first-order valence-corrected chi connectivity index (χ1v) is 5.13.